The van der Waals surface area contributed by atoms with Crippen LogP contribution >= 0.6 is 0 Å². The maximum Gasteiger partial charge on any atom is 0.343 e. The van der Waals surface area contributed by atoms with Crippen LogP contribution in [0.4, 0.5) is 11.8 Å². The molecule has 7 heteroatoms. The number of carbonyl (C=O) groups excluding carboxylic acids is 1. The Morgan fingerprint density at radius 3 is 2.75 bits per heavy atom. The van der Waals surface area contributed by atoms with Crippen LogP contribution in [0.25, 0.3) is 0 Å². The van der Waals surface area contributed by atoms with Crippen molar-refractivity contribution in [2.24, 2.45) is 0 Å². The first-order valence-corrected chi connectivity index (χ1v) is 6.79. The van der Waals surface area contributed by atoms with Crippen molar-refractivity contribution in [2.75, 3.05) is 43.5 Å². The van der Waals surface area contributed by atoms with Gasteiger partial charge in [0.05, 0.1) is 7.11 Å². The number of aromatic nitrogens is 2. The van der Waals surface area contributed by atoms with Gasteiger partial charge in [-0.25, -0.2) is 9.78 Å². The number of nitrogens with one attached hydrogen (secondary N) is 2. The number of hydrogen-bond acceptors (Lipinski definition) is 7. The first-order valence-electron chi connectivity index (χ1n) is 6.79. The predicted octanol–water partition coefficient (Wildman–Crippen LogP) is 0.493. The third kappa shape index (κ3) is 3.36. The minimum absolute atomic E-state index is 0.171. The predicted molar refractivity (Wildman–Crippen MR) is 77.2 cm³/mol. The highest BCUT2D eigenvalue weighted by molar-refractivity contribution is 5.94. The number of methoxy groups -OCH3 is 1. The van der Waals surface area contributed by atoms with Gasteiger partial charge in [-0.05, 0) is 13.8 Å². The van der Waals surface area contributed by atoms with Crippen molar-refractivity contribution in [3.05, 3.63) is 11.8 Å². The van der Waals surface area contributed by atoms with Gasteiger partial charge in [-0.2, -0.15) is 4.98 Å². The van der Waals surface area contributed by atoms with E-state index in [0.29, 0.717) is 17.3 Å². The van der Waals surface area contributed by atoms with Gasteiger partial charge in [0.15, 0.2) is 0 Å². The van der Waals surface area contributed by atoms with Crippen molar-refractivity contribution in [3.8, 4) is 0 Å². The first kappa shape index (κ1) is 14.5. The lowest BCUT2D eigenvalue weighted by Crippen LogP contribution is -2.44. The Morgan fingerprint density at radius 1 is 1.45 bits per heavy atom. The van der Waals surface area contributed by atoms with Gasteiger partial charge >= 0.3 is 5.97 Å². The summed E-state index contributed by atoms with van der Waals surface area (Å²) in [4.78, 5) is 22.6. The zero-order chi connectivity index (χ0) is 14.5. The summed E-state index contributed by atoms with van der Waals surface area (Å²) < 4.78 is 4.76. The molecule has 2 rings (SSSR count). The number of rotatable bonds is 4. The Bertz CT molecular complexity index is 472. The van der Waals surface area contributed by atoms with Crippen LogP contribution in [-0.2, 0) is 4.74 Å². The van der Waals surface area contributed by atoms with Gasteiger partial charge in [0.25, 0.3) is 0 Å². The van der Waals surface area contributed by atoms with Gasteiger partial charge < -0.3 is 20.3 Å². The smallest absolute Gasteiger partial charge is 0.343 e. The molecule has 1 aromatic heterocycles. The topological polar surface area (TPSA) is 79.4 Å². The first-order chi connectivity index (χ1) is 9.61. The van der Waals surface area contributed by atoms with E-state index >= 15 is 0 Å². The Labute approximate surface area is 118 Å². The molecule has 0 radical (unpaired) electrons. The van der Waals surface area contributed by atoms with Gasteiger partial charge in [0, 0.05) is 38.4 Å². The molecule has 110 valence electrons. The molecule has 0 aromatic carbocycles. The van der Waals surface area contributed by atoms with Gasteiger partial charge in [-0.1, -0.05) is 0 Å². The third-order valence-electron chi connectivity index (χ3n) is 3.01. The summed E-state index contributed by atoms with van der Waals surface area (Å²) in [6.07, 6.45) is 1.53. The molecule has 2 N–H and O–H groups in total. The van der Waals surface area contributed by atoms with Crippen molar-refractivity contribution < 1.29 is 9.53 Å². The largest absolute Gasteiger partial charge is 0.465 e. The molecule has 0 unspecified atom stereocenters. The fraction of sp³-hybridized carbons (Fsp3) is 0.615. The molecule has 0 bridgehead atoms. The summed E-state index contributed by atoms with van der Waals surface area (Å²) in [5.74, 6) is 0.734. The molecule has 1 saturated heterocycles. The third-order valence-corrected chi connectivity index (χ3v) is 3.01. The molecule has 1 fully saturated rings. The van der Waals surface area contributed by atoms with Gasteiger partial charge in [-0.15, -0.1) is 0 Å². The molecule has 1 aliphatic rings. The second kappa shape index (κ2) is 6.51. The number of hydrogen-bond donors (Lipinski definition) is 2. The number of esters is 1. The Hall–Kier alpha value is -1.89. The zero-order valence-electron chi connectivity index (χ0n) is 12.1. The molecule has 1 aliphatic heterocycles. The normalized spacial score (nSPS) is 15.3. The Kier molecular flexibility index (Phi) is 4.73. The molecular formula is C13H21N5O2. The minimum Gasteiger partial charge on any atom is -0.465 e. The van der Waals surface area contributed by atoms with Gasteiger partial charge in [0.1, 0.15) is 11.4 Å². The molecule has 0 saturated carbocycles. The van der Waals surface area contributed by atoms with Crippen LogP contribution in [0.1, 0.15) is 24.2 Å². The van der Waals surface area contributed by atoms with Crippen molar-refractivity contribution in [3.63, 3.8) is 0 Å². The second-order valence-electron chi connectivity index (χ2n) is 4.96. The highest BCUT2D eigenvalue weighted by atomic mass is 16.5. The maximum absolute atomic E-state index is 11.7. The lowest BCUT2D eigenvalue weighted by atomic mass is 10.3. The molecule has 2 heterocycles. The second-order valence-corrected chi connectivity index (χ2v) is 4.96. The van der Waals surface area contributed by atoms with Crippen LogP contribution in [0.2, 0.25) is 0 Å². The lowest BCUT2D eigenvalue weighted by molar-refractivity contribution is 0.0601. The molecule has 7 nitrogen and oxygen atoms in total. The monoisotopic (exact) mass is 279 g/mol. The summed E-state index contributed by atoms with van der Waals surface area (Å²) in [5.41, 5.74) is 0.361. The summed E-state index contributed by atoms with van der Waals surface area (Å²) in [5, 5.41) is 6.46. The van der Waals surface area contributed by atoms with Crippen LogP contribution in [0, 0.1) is 0 Å². The fourth-order valence-electron chi connectivity index (χ4n) is 2.03. The van der Waals surface area contributed by atoms with Crippen molar-refractivity contribution in [1.82, 2.24) is 15.3 Å². The number of carbonyl (C=O) groups is 1. The number of ether oxygens (including phenoxy) is 1. The zero-order valence-corrected chi connectivity index (χ0v) is 12.1. The Balaban J connectivity index is 2.29. The van der Waals surface area contributed by atoms with E-state index in [2.05, 4.69) is 25.5 Å². The van der Waals surface area contributed by atoms with E-state index in [9.17, 15) is 4.79 Å². The molecule has 0 atom stereocenters. The number of piperazine rings is 1. The Morgan fingerprint density at radius 2 is 2.15 bits per heavy atom. The van der Waals surface area contributed by atoms with Crippen LogP contribution in [0.5, 0.6) is 0 Å². The molecule has 0 amide bonds. The van der Waals surface area contributed by atoms with Crippen LogP contribution in [-0.4, -0.2) is 55.3 Å². The summed E-state index contributed by atoms with van der Waals surface area (Å²) in [6.45, 7) is 7.53. The average Bonchev–Trinajstić information content (AvgIpc) is 2.46. The molecule has 0 spiro atoms. The molecular weight excluding hydrogens is 258 g/mol. The number of anilines is 2. The molecule has 1 aromatic rings. The van der Waals surface area contributed by atoms with Crippen LogP contribution in [0.15, 0.2) is 6.20 Å². The van der Waals surface area contributed by atoms with E-state index in [1.54, 1.807) is 0 Å². The lowest BCUT2D eigenvalue weighted by Gasteiger charge is -2.28. The molecule has 20 heavy (non-hydrogen) atoms. The van der Waals surface area contributed by atoms with E-state index in [0.717, 1.165) is 26.2 Å². The van der Waals surface area contributed by atoms with Crippen molar-refractivity contribution in [2.45, 2.75) is 19.9 Å². The van der Waals surface area contributed by atoms with Gasteiger partial charge in [-0.3, -0.25) is 0 Å². The average molecular weight is 279 g/mol. The van der Waals surface area contributed by atoms with E-state index in [4.69, 9.17) is 4.74 Å². The summed E-state index contributed by atoms with van der Waals surface area (Å²) >= 11 is 0. The minimum atomic E-state index is -0.431. The summed E-state index contributed by atoms with van der Waals surface area (Å²) in [6, 6.07) is 0.171. The van der Waals surface area contributed by atoms with Gasteiger partial charge in [0.2, 0.25) is 5.95 Å². The van der Waals surface area contributed by atoms with E-state index in [1.807, 2.05) is 13.8 Å². The van der Waals surface area contributed by atoms with Crippen molar-refractivity contribution in [1.29, 1.82) is 0 Å². The maximum atomic E-state index is 11.7. The van der Waals surface area contributed by atoms with Crippen LogP contribution in [0.3, 0.4) is 0 Å². The van der Waals surface area contributed by atoms with Crippen molar-refractivity contribution >= 4 is 17.7 Å². The van der Waals surface area contributed by atoms with E-state index in [1.165, 1.54) is 13.3 Å². The van der Waals surface area contributed by atoms with E-state index in [-0.39, 0.29) is 6.04 Å². The fourth-order valence-corrected chi connectivity index (χ4v) is 2.03. The highest BCUT2D eigenvalue weighted by Crippen LogP contribution is 2.18. The van der Waals surface area contributed by atoms with E-state index < -0.39 is 5.97 Å². The molecule has 0 aliphatic carbocycles. The quantitative estimate of drug-likeness (QED) is 0.777. The SMILES string of the molecule is COC(=O)c1cnc(N2CCNCC2)nc1NC(C)C. The highest BCUT2D eigenvalue weighted by Gasteiger charge is 2.19. The summed E-state index contributed by atoms with van der Waals surface area (Å²) in [7, 11) is 1.35. The van der Waals surface area contributed by atoms with Crippen LogP contribution < -0.4 is 15.5 Å². The standard InChI is InChI=1S/C13H21N5O2/c1-9(2)16-11-10(12(19)20-3)8-15-13(17-11)18-6-4-14-5-7-18/h8-9,14H,4-7H2,1-3H3,(H,15,16,17). The number of nitrogens with zero attached hydrogens (tertiary/aromatic N) is 3.